The number of ether oxygens (including phenoxy) is 6. The summed E-state index contributed by atoms with van der Waals surface area (Å²) in [5.41, 5.74) is 2.98. The van der Waals surface area contributed by atoms with Crippen LogP contribution in [0, 0.1) is 11.8 Å². The van der Waals surface area contributed by atoms with Crippen LogP contribution in [0.3, 0.4) is 0 Å². The van der Waals surface area contributed by atoms with Crippen LogP contribution in [0.25, 0.3) is 22.3 Å². The van der Waals surface area contributed by atoms with Crippen LogP contribution in [0.2, 0.25) is 0 Å². The van der Waals surface area contributed by atoms with Crippen LogP contribution in [-0.4, -0.2) is 128 Å². The van der Waals surface area contributed by atoms with Crippen molar-refractivity contribution in [3.63, 3.8) is 0 Å². The van der Waals surface area contributed by atoms with E-state index < -0.39 is 36.1 Å². The number of aryl methyl sites for hydroxylation is 2. The molecule has 2 aromatic carbocycles. The summed E-state index contributed by atoms with van der Waals surface area (Å²) in [6.07, 6.45) is 12.3. The van der Waals surface area contributed by atoms with E-state index in [9.17, 15) is 33.9 Å². The van der Waals surface area contributed by atoms with Crippen molar-refractivity contribution in [3.8, 4) is 33.8 Å². The number of carbonyl (C=O) groups is 4. The Morgan fingerprint density at radius 3 is 1.29 bits per heavy atom. The molecule has 79 heavy (non-hydrogen) atoms. The standard InChI is InChI=1S/C25H30N4O5.C24H28N4O5.C6H12O3.Li.H2O2.H/c1-16(2)22(29-12-6-7-13-29)23(30)27-19(25(32)34-5)14-17-8-10-18(11-9-17)21-20(33-4)15-26-28(3)24(21)31;1-15(2)21(28-11-5-6-12-28)22(29)26-18(24(31)32)13-16-7-9-17(10-8-16)20-19(33-4)14-25-27(3)23(20)30;1-7-5-3-4-6(8-2)9-5;;1-2;/h6-13,15-16,19,22H,14H2,1-5H3,(H,27,30);5-12,14-15,18,21H,13H2,1-4H3,(H,26,29)(H,31,32);5-6H,3-4H2,1-2H3;;1-2H;/q;;;+1;;-1/t19-,22+;18-,21+;;;;/m00..../s1. The molecule has 6 aromatic rings. The van der Waals surface area contributed by atoms with Gasteiger partial charge >= 0.3 is 30.8 Å². The second-order valence-corrected chi connectivity index (χ2v) is 18.5. The summed E-state index contributed by atoms with van der Waals surface area (Å²) in [7, 11) is 10.6. The molecule has 23 nitrogen and oxygen atoms in total. The molecule has 2 amide bonds. The number of carboxylic acids is 1. The van der Waals surface area contributed by atoms with E-state index in [2.05, 4.69) is 20.8 Å². The smallest absolute Gasteiger partial charge is 1.00 e. The largest absolute Gasteiger partial charge is 1.00 e. The van der Waals surface area contributed by atoms with Crippen LogP contribution < -0.4 is 50.1 Å². The molecule has 2 unspecified atom stereocenters. The first kappa shape index (κ1) is 65.9. The van der Waals surface area contributed by atoms with Crippen molar-refractivity contribution in [2.75, 3.05) is 35.5 Å². The van der Waals surface area contributed by atoms with Crippen molar-refractivity contribution in [1.29, 1.82) is 0 Å². The molecule has 24 heteroatoms. The number of hydrogen-bond donors (Lipinski definition) is 5. The molecule has 1 aliphatic rings. The van der Waals surface area contributed by atoms with Crippen LogP contribution in [0.5, 0.6) is 11.5 Å². The average Bonchev–Trinajstić information content (AvgIpc) is 4.26. The number of nitrogens with one attached hydrogen (secondary N) is 2. The maximum absolute atomic E-state index is 13.1. The molecule has 7 rings (SSSR count). The summed E-state index contributed by atoms with van der Waals surface area (Å²) < 4.78 is 36.7. The Bertz CT molecular complexity index is 2950. The Hall–Kier alpha value is -7.36. The molecule has 5 N–H and O–H groups in total. The molecule has 1 fully saturated rings. The molecule has 0 saturated carbocycles. The van der Waals surface area contributed by atoms with Gasteiger partial charge in [-0.15, -0.1) is 0 Å². The van der Waals surface area contributed by atoms with E-state index in [1.807, 2.05) is 81.1 Å². The van der Waals surface area contributed by atoms with Gasteiger partial charge in [-0.05, 0) is 58.4 Å². The Labute approximate surface area is 472 Å². The van der Waals surface area contributed by atoms with Gasteiger partial charge in [-0.3, -0.25) is 29.7 Å². The first-order valence-electron chi connectivity index (χ1n) is 24.8. The quantitative estimate of drug-likeness (QED) is 0.0318. The minimum atomic E-state index is -1.12. The van der Waals surface area contributed by atoms with Crippen molar-refractivity contribution >= 4 is 23.8 Å². The molecule has 0 radical (unpaired) electrons. The van der Waals surface area contributed by atoms with Crippen LogP contribution in [-0.2, 0) is 65.1 Å². The minimum Gasteiger partial charge on any atom is -1.00 e. The predicted molar refractivity (Wildman–Crippen MR) is 289 cm³/mol. The zero-order chi connectivity index (χ0) is 57.6. The van der Waals surface area contributed by atoms with E-state index in [1.165, 1.54) is 43.1 Å². The zero-order valence-corrected chi connectivity index (χ0v) is 46.8. The fourth-order valence-corrected chi connectivity index (χ4v) is 8.58. The summed E-state index contributed by atoms with van der Waals surface area (Å²) in [5, 5.41) is 35.2. The van der Waals surface area contributed by atoms with Gasteiger partial charge in [-0.1, -0.05) is 76.2 Å². The molecule has 6 atom stereocenters. The Morgan fingerprint density at radius 2 is 0.987 bits per heavy atom. The molecule has 0 bridgehead atoms. The molecular formula is C55H73LiN8O15. The van der Waals surface area contributed by atoms with Crippen LogP contribution in [0.1, 0.15) is 65.2 Å². The fraction of sp³-hybridized carbons (Fsp3) is 0.418. The van der Waals surface area contributed by atoms with Crippen molar-refractivity contribution in [2.24, 2.45) is 25.9 Å². The Kier molecular flexibility index (Phi) is 27.1. The van der Waals surface area contributed by atoms with Gasteiger partial charge in [-0.2, -0.15) is 10.2 Å². The molecule has 424 valence electrons. The number of amides is 2. The molecule has 5 heterocycles. The van der Waals surface area contributed by atoms with E-state index >= 15 is 0 Å². The zero-order valence-electron chi connectivity index (χ0n) is 47.8. The minimum absolute atomic E-state index is 0. The summed E-state index contributed by atoms with van der Waals surface area (Å²) in [4.78, 5) is 75.5. The van der Waals surface area contributed by atoms with E-state index in [-0.39, 0.29) is 80.5 Å². The van der Waals surface area contributed by atoms with Crippen molar-refractivity contribution in [3.05, 3.63) is 142 Å². The van der Waals surface area contributed by atoms with Gasteiger partial charge < -0.3 is 54.7 Å². The van der Waals surface area contributed by atoms with Gasteiger partial charge in [0.15, 0.2) is 24.1 Å². The third-order valence-electron chi connectivity index (χ3n) is 12.6. The monoisotopic (exact) mass is 1090 g/mol. The average molecular weight is 1090 g/mol. The third-order valence-corrected chi connectivity index (χ3v) is 12.6. The van der Waals surface area contributed by atoms with E-state index in [4.69, 9.17) is 38.9 Å². The topological polar surface area (TPSA) is 288 Å². The first-order chi connectivity index (χ1) is 37.3. The van der Waals surface area contributed by atoms with Crippen molar-refractivity contribution in [1.82, 2.24) is 39.3 Å². The number of methoxy groups -OCH3 is 5. The van der Waals surface area contributed by atoms with Crippen LogP contribution in [0.4, 0.5) is 0 Å². The number of aromatic nitrogens is 6. The van der Waals surface area contributed by atoms with E-state index in [1.54, 1.807) is 81.7 Å². The number of carboxylic acid groups (broad SMARTS) is 1. The SMILES string of the molecule is COC(=O)[C@H](Cc1ccc(-c2c(OC)cnn(C)c2=O)cc1)NC(=O)[C@@H](C(C)C)n1cccc1.COC1CCC(OC)O1.COc1cnn(C)c(=O)c1-c1ccc(C[C@H](NC(=O)[C@@H](C(C)C)n2cccc2)C(=O)O)cc1.OO.[H-].[Li+]. The number of nitrogens with zero attached hydrogens (tertiary/aromatic N) is 6. The first-order valence-corrected chi connectivity index (χ1v) is 24.8. The summed E-state index contributed by atoms with van der Waals surface area (Å²) in [6.45, 7) is 7.73. The molecule has 0 spiro atoms. The predicted octanol–water partition coefficient (Wildman–Crippen LogP) is 2.50. The third kappa shape index (κ3) is 18.1. The second-order valence-electron chi connectivity index (χ2n) is 18.5. The van der Waals surface area contributed by atoms with Gasteiger partial charge in [0.05, 0.1) is 44.8 Å². The van der Waals surface area contributed by atoms with E-state index in [0.717, 1.165) is 18.4 Å². The molecule has 1 saturated heterocycles. The van der Waals surface area contributed by atoms with Crippen molar-refractivity contribution in [2.45, 2.75) is 90.1 Å². The van der Waals surface area contributed by atoms with E-state index in [0.29, 0.717) is 39.3 Å². The maximum atomic E-state index is 13.1. The number of aliphatic carboxylic acids is 1. The number of carbonyl (C=O) groups excluding carboxylic acids is 3. The normalized spacial score (nSPS) is 15.0. The van der Waals surface area contributed by atoms with Gasteiger partial charge in [0.25, 0.3) is 11.1 Å². The molecule has 0 aliphatic carbocycles. The summed E-state index contributed by atoms with van der Waals surface area (Å²) in [6, 6.07) is 18.5. The summed E-state index contributed by atoms with van der Waals surface area (Å²) >= 11 is 0. The van der Waals surface area contributed by atoms with Gasteiger partial charge in [0.1, 0.15) is 24.2 Å². The van der Waals surface area contributed by atoms with Gasteiger partial charge in [0, 0.05) is 78.8 Å². The fourth-order valence-electron chi connectivity index (χ4n) is 8.58. The molecular weight excluding hydrogens is 1020 g/mol. The molecule has 4 aromatic heterocycles. The number of esters is 1. The Morgan fingerprint density at radius 1 is 0.633 bits per heavy atom. The summed E-state index contributed by atoms with van der Waals surface area (Å²) in [5.74, 6) is -1.54. The van der Waals surface area contributed by atoms with Crippen LogP contribution >= 0.6 is 0 Å². The van der Waals surface area contributed by atoms with Gasteiger partial charge in [0.2, 0.25) is 11.8 Å². The van der Waals surface area contributed by atoms with Crippen molar-refractivity contribution < 1.29 is 83.5 Å². The number of benzene rings is 2. The van der Waals surface area contributed by atoms with Gasteiger partial charge in [-0.25, -0.2) is 19.0 Å². The Balaban J connectivity index is 0.000000450. The van der Waals surface area contributed by atoms with Crippen LogP contribution in [0.15, 0.2) is 120 Å². The molecule has 1 aliphatic heterocycles. The number of hydrogen-bond acceptors (Lipinski definition) is 16. The number of rotatable bonds is 20. The second kappa shape index (κ2) is 32.5. The maximum Gasteiger partial charge on any atom is 1.00 e.